The minimum absolute atomic E-state index is 0.249. The normalized spacial score (nSPS) is 19.5. The third-order valence-electron chi connectivity index (χ3n) is 1.55. The summed E-state index contributed by atoms with van der Waals surface area (Å²) in [6, 6.07) is 0. The van der Waals surface area contributed by atoms with Gasteiger partial charge in [-0.1, -0.05) is 0 Å². The predicted octanol–water partition coefficient (Wildman–Crippen LogP) is 1.91. The maximum absolute atomic E-state index is 11.8. The standard InChI is InChI=1S/C9H21O5P/c1-8(6-11-3)13-15(5,10)14-9(2)7-12-4/h8-9H,6-7H2,1-5H3. The van der Waals surface area contributed by atoms with E-state index in [1.54, 1.807) is 28.1 Å². The van der Waals surface area contributed by atoms with Crippen molar-refractivity contribution in [3.63, 3.8) is 0 Å². The van der Waals surface area contributed by atoms with Crippen molar-refractivity contribution in [3.8, 4) is 0 Å². The highest BCUT2D eigenvalue weighted by Gasteiger charge is 2.23. The van der Waals surface area contributed by atoms with Crippen LogP contribution in [0.25, 0.3) is 0 Å². The van der Waals surface area contributed by atoms with Gasteiger partial charge in [-0.25, -0.2) is 0 Å². The Morgan fingerprint density at radius 3 is 1.60 bits per heavy atom. The monoisotopic (exact) mass is 240 g/mol. The Morgan fingerprint density at radius 2 is 1.33 bits per heavy atom. The largest absolute Gasteiger partial charge is 0.382 e. The van der Waals surface area contributed by atoms with Gasteiger partial charge < -0.3 is 18.5 Å². The molecule has 0 N–H and O–H groups in total. The van der Waals surface area contributed by atoms with E-state index in [-0.39, 0.29) is 12.2 Å². The third kappa shape index (κ3) is 7.94. The zero-order chi connectivity index (χ0) is 11.9. The van der Waals surface area contributed by atoms with E-state index >= 15 is 0 Å². The summed E-state index contributed by atoms with van der Waals surface area (Å²) in [6.45, 7) is 5.79. The Bertz CT molecular complexity index is 191. The summed E-state index contributed by atoms with van der Waals surface area (Å²) in [5.74, 6) is 0. The minimum atomic E-state index is -3.02. The van der Waals surface area contributed by atoms with Gasteiger partial charge in [0.25, 0.3) is 0 Å². The molecular formula is C9H21O5P. The Labute approximate surface area is 91.6 Å². The molecule has 5 nitrogen and oxygen atoms in total. The molecule has 0 aliphatic rings. The lowest BCUT2D eigenvalue weighted by atomic mass is 10.5. The van der Waals surface area contributed by atoms with E-state index in [0.717, 1.165) is 0 Å². The van der Waals surface area contributed by atoms with E-state index in [2.05, 4.69) is 0 Å². The van der Waals surface area contributed by atoms with Gasteiger partial charge in [-0.2, -0.15) is 0 Å². The van der Waals surface area contributed by atoms with E-state index in [0.29, 0.717) is 13.2 Å². The fourth-order valence-electron chi connectivity index (χ4n) is 1.21. The third-order valence-corrected chi connectivity index (χ3v) is 3.03. The second-order valence-electron chi connectivity index (χ2n) is 3.51. The van der Waals surface area contributed by atoms with Crippen molar-refractivity contribution in [2.45, 2.75) is 26.1 Å². The Hall–Kier alpha value is 0.0700. The molecule has 2 atom stereocenters. The maximum atomic E-state index is 11.8. The lowest BCUT2D eigenvalue weighted by molar-refractivity contribution is 0.0477. The smallest absolute Gasteiger partial charge is 0.328 e. The molecule has 0 rings (SSSR count). The van der Waals surface area contributed by atoms with Gasteiger partial charge >= 0.3 is 7.60 Å². The van der Waals surface area contributed by atoms with Crippen LogP contribution in [0.5, 0.6) is 0 Å². The number of hydrogen-bond donors (Lipinski definition) is 0. The number of hydrogen-bond acceptors (Lipinski definition) is 5. The van der Waals surface area contributed by atoms with Crippen LogP contribution in [-0.4, -0.2) is 46.3 Å². The van der Waals surface area contributed by atoms with Gasteiger partial charge in [0.1, 0.15) is 0 Å². The van der Waals surface area contributed by atoms with Gasteiger partial charge in [0.15, 0.2) is 0 Å². The maximum Gasteiger partial charge on any atom is 0.328 e. The van der Waals surface area contributed by atoms with Gasteiger partial charge in [-0.15, -0.1) is 0 Å². The van der Waals surface area contributed by atoms with Crippen molar-refractivity contribution in [2.24, 2.45) is 0 Å². The first-order chi connectivity index (χ1) is 6.91. The molecule has 0 saturated carbocycles. The van der Waals surface area contributed by atoms with Gasteiger partial charge in [-0.3, -0.25) is 4.57 Å². The van der Waals surface area contributed by atoms with Gasteiger partial charge in [-0.05, 0) is 13.8 Å². The molecule has 0 aliphatic heterocycles. The van der Waals surface area contributed by atoms with Crippen molar-refractivity contribution in [1.82, 2.24) is 0 Å². The molecule has 15 heavy (non-hydrogen) atoms. The lowest BCUT2D eigenvalue weighted by Gasteiger charge is -2.21. The summed E-state index contributed by atoms with van der Waals surface area (Å²) in [5.41, 5.74) is 0. The average molecular weight is 240 g/mol. The Kier molecular flexibility index (Phi) is 7.40. The molecule has 0 fully saturated rings. The molecular weight excluding hydrogens is 219 g/mol. The summed E-state index contributed by atoms with van der Waals surface area (Å²) < 4.78 is 32.1. The van der Waals surface area contributed by atoms with E-state index < -0.39 is 7.60 Å². The first-order valence-electron chi connectivity index (χ1n) is 4.83. The van der Waals surface area contributed by atoms with Crippen LogP contribution in [0.3, 0.4) is 0 Å². The molecule has 0 saturated heterocycles. The molecule has 0 spiro atoms. The zero-order valence-electron chi connectivity index (χ0n) is 10.1. The van der Waals surface area contributed by atoms with E-state index in [9.17, 15) is 4.57 Å². The van der Waals surface area contributed by atoms with E-state index in [1.165, 1.54) is 6.66 Å². The summed E-state index contributed by atoms with van der Waals surface area (Å²) in [4.78, 5) is 0. The van der Waals surface area contributed by atoms with Gasteiger partial charge in [0, 0.05) is 20.9 Å². The highest BCUT2D eigenvalue weighted by molar-refractivity contribution is 7.53. The number of ether oxygens (including phenoxy) is 2. The van der Waals surface area contributed by atoms with Crippen molar-refractivity contribution < 1.29 is 23.1 Å². The molecule has 0 bridgehead atoms. The molecule has 0 heterocycles. The molecule has 0 radical (unpaired) electrons. The molecule has 0 aliphatic carbocycles. The highest BCUT2D eigenvalue weighted by Crippen LogP contribution is 2.46. The van der Waals surface area contributed by atoms with Crippen molar-refractivity contribution in [2.75, 3.05) is 34.1 Å². The highest BCUT2D eigenvalue weighted by atomic mass is 31.2. The fourth-order valence-corrected chi connectivity index (χ4v) is 2.69. The zero-order valence-corrected chi connectivity index (χ0v) is 11.0. The van der Waals surface area contributed by atoms with Crippen LogP contribution in [0.1, 0.15) is 13.8 Å². The van der Waals surface area contributed by atoms with Gasteiger partial charge in [0.05, 0.1) is 25.4 Å². The van der Waals surface area contributed by atoms with E-state index in [1.807, 2.05) is 0 Å². The summed E-state index contributed by atoms with van der Waals surface area (Å²) in [7, 11) is 0.104. The summed E-state index contributed by atoms with van der Waals surface area (Å²) >= 11 is 0. The topological polar surface area (TPSA) is 54.0 Å². The first kappa shape index (κ1) is 15.1. The molecule has 0 aromatic rings. The summed E-state index contributed by atoms with van der Waals surface area (Å²) in [5, 5.41) is 0. The second-order valence-corrected chi connectivity index (χ2v) is 5.48. The van der Waals surface area contributed by atoms with Crippen molar-refractivity contribution >= 4 is 7.60 Å². The number of methoxy groups -OCH3 is 2. The quantitative estimate of drug-likeness (QED) is 0.606. The fraction of sp³-hybridized carbons (Fsp3) is 1.00. The molecule has 0 aromatic heterocycles. The number of rotatable bonds is 8. The van der Waals surface area contributed by atoms with Crippen LogP contribution in [0, 0.1) is 0 Å². The van der Waals surface area contributed by atoms with Crippen molar-refractivity contribution in [1.29, 1.82) is 0 Å². The lowest BCUT2D eigenvalue weighted by Crippen LogP contribution is -2.18. The van der Waals surface area contributed by atoms with Crippen LogP contribution in [0.15, 0.2) is 0 Å². The Morgan fingerprint density at radius 1 is 1.00 bits per heavy atom. The minimum Gasteiger partial charge on any atom is -0.382 e. The molecule has 2 unspecified atom stereocenters. The second kappa shape index (κ2) is 7.36. The van der Waals surface area contributed by atoms with Crippen molar-refractivity contribution in [3.05, 3.63) is 0 Å². The van der Waals surface area contributed by atoms with E-state index in [4.69, 9.17) is 18.5 Å². The van der Waals surface area contributed by atoms with Crippen LogP contribution < -0.4 is 0 Å². The van der Waals surface area contributed by atoms with Crippen LogP contribution in [0.4, 0.5) is 0 Å². The summed E-state index contributed by atoms with van der Waals surface area (Å²) in [6.07, 6.45) is -0.499. The molecule has 0 amide bonds. The molecule has 6 heteroatoms. The van der Waals surface area contributed by atoms with Crippen LogP contribution in [0.2, 0.25) is 0 Å². The average Bonchev–Trinajstić information content (AvgIpc) is 2.01. The predicted molar refractivity (Wildman–Crippen MR) is 58.4 cm³/mol. The van der Waals surface area contributed by atoms with Crippen LogP contribution >= 0.6 is 7.60 Å². The Balaban J connectivity index is 4.00. The molecule has 0 aromatic carbocycles. The van der Waals surface area contributed by atoms with Gasteiger partial charge in [0.2, 0.25) is 0 Å². The first-order valence-corrected chi connectivity index (χ1v) is 6.82. The SMILES string of the molecule is COCC(C)OP(C)(=O)OC(C)COC. The van der Waals surface area contributed by atoms with Crippen LogP contribution in [-0.2, 0) is 23.1 Å². The molecule has 92 valence electrons.